The van der Waals surface area contributed by atoms with Gasteiger partial charge < -0.3 is 9.80 Å². The number of halogens is 2. The van der Waals surface area contributed by atoms with E-state index >= 15 is 0 Å². The molecule has 2 aliphatic rings. The molecule has 0 radical (unpaired) electrons. The highest BCUT2D eigenvalue weighted by Gasteiger charge is 2.42. The van der Waals surface area contributed by atoms with Gasteiger partial charge >= 0.3 is 0 Å². The normalized spacial score (nSPS) is 24.4. The molecule has 3 rings (SSSR count). The fourth-order valence-electron chi connectivity index (χ4n) is 4.10. The maximum atomic E-state index is 13.8. The number of hydrogen-bond acceptors (Lipinski definition) is 3. The maximum Gasteiger partial charge on any atom is 0.223 e. The Morgan fingerprint density at radius 3 is 2.67 bits per heavy atom. The number of hydrogen-bond donors (Lipinski definition) is 0. The van der Waals surface area contributed by atoms with Crippen molar-refractivity contribution in [3.05, 3.63) is 35.4 Å². The van der Waals surface area contributed by atoms with E-state index in [1.54, 1.807) is 4.90 Å². The molecule has 1 aromatic rings. The van der Waals surface area contributed by atoms with Gasteiger partial charge in [-0.05, 0) is 37.9 Å². The van der Waals surface area contributed by atoms with Gasteiger partial charge in [0.2, 0.25) is 11.8 Å². The van der Waals surface area contributed by atoms with Gasteiger partial charge in [0.15, 0.2) is 0 Å². The van der Waals surface area contributed by atoms with Crippen molar-refractivity contribution in [3.8, 4) is 0 Å². The van der Waals surface area contributed by atoms with Gasteiger partial charge in [-0.2, -0.15) is 0 Å². The van der Waals surface area contributed by atoms with Crippen LogP contribution in [0.1, 0.15) is 31.2 Å². The molecule has 0 aliphatic carbocycles. The smallest absolute Gasteiger partial charge is 0.223 e. The van der Waals surface area contributed by atoms with Crippen LogP contribution in [0.25, 0.3) is 0 Å². The molecule has 0 N–H and O–H groups in total. The van der Waals surface area contributed by atoms with Crippen LogP contribution in [-0.2, 0) is 16.0 Å². The predicted octanol–water partition coefficient (Wildman–Crippen LogP) is 2.05. The zero-order valence-corrected chi connectivity index (χ0v) is 16.0. The zero-order chi connectivity index (χ0) is 19.6. The average Bonchev–Trinajstić information content (AvgIpc) is 2.78. The van der Waals surface area contributed by atoms with Crippen LogP contribution in [-0.4, -0.2) is 72.3 Å². The zero-order valence-electron chi connectivity index (χ0n) is 16.0. The van der Waals surface area contributed by atoms with E-state index in [9.17, 15) is 18.4 Å². The number of amides is 2. The number of nitrogens with zero attached hydrogens (tertiary/aromatic N) is 3. The molecule has 0 bridgehead atoms. The third kappa shape index (κ3) is 4.29. The van der Waals surface area contributed by atoms with Gasteiger partial charge in [-0.15, -0.1) is 0 Å². The lowest BCUT2D eigenvalue weighted by Crippen LogP contribution is -2.62. The summed E-state index contributed by atoms with van der Waals surface area (Å²) in [6.07, 6.45) is 2.52. The second-order valence-electron chi connectivity index (χ2n) is 7.76. The Bertz CT molecular complexity index is 727. The third-order valence-corrected chi connectivity index (χ3v) is 6.12. The topological polar surface area (TPSA) is 43.9 Å². The van der Waals surface area contributed by atoms with Gasteiger partial charge in [0.1, 0.15) is 11.6 Å². The molecule has 0 aromatic heterocycles. The standard InChI is InChI=1S/C20H27F2N3O2/c1-23-10-9-20(8-7-18(23)26)14-25(12-11-24(20)2)19(27)6-4-15-3-5-16(21)13-17(15)22/h3,5,13H,4,6-12,14H2,1-2H3/t20-/m1/s1. The molecule has 1 spiro atoms. The number of benzene rings is 1. The number of carbonyl (C=O) groups excluding carboxylic acids is 2. The molecule has 2 amide bonds. The molecule has 2 fully saturated rings. The molecular formula is C20H27F2N3O2. The summed E-state index contributed by atoms with van der Waals surface area (Å²) in [4.78, 5) is 30.7. The molecule has 5 nitrogen and oxygen atoms in total. The minimum Gasteiger partial charge on any atom is -0.346 e. The van der Waals surface area contributed by atoms with E-state index in [0.29, 0.717) is 31.6 Å². The summed E-state index contributed by atoms with van der Waals surface area (Å²) >= 11 is 0. The molecule has 2 heterocycles. The summed E-state index contributed by atoms with van der Waals surface area (Å²) in [7, 11) is 3.88. The van der Waals surface area contributed by atoms with E-state index in [2.05, 4.69) is 11.9 Å². The monoisotopic (exact) mass is 379 g/mol. The van der Waals surface area contributed by atoms with E-state index in [0.717, 1.165) is 25.5 Å². The first kappa shape index (κ1) is 19.7. The quantitative estimate of drug-likeness (QED) is 0.808. The summed E-state index contributed by atoms with van der Waals surface area (Å²) in [5.41, 5.74) is 0.172. The summed E-state index contributed by atoms with van der Waals surface area (Å²) in [5.74, 6) is -1.09. The Morgan fingerprint density at radius 1 is 1.15 bits per heavy atom. The van der Waals surface area contributed by atoms with Gasteiger partial charge in [0, 0.05) is 57.7 Å². The lowest BCUT2D eigenvalue weighted by atomic mass is 9.86. The first-order valence-electron chi connectivity index (χ1n) is 9.48. The van der Waals surface area contributed by atoms with Crippen molar-refractivity contribution in [2.24, 2.45) is 0 Å². The minimum atomic E-state index is -0.614. The number of carbonyl (C=O) groups is 2. The lowest BCUT2D eigenvalue weighted by Gasteiger charge is -2.49. The predicted molar refractivity (Wildman–Crippen MR) is 98.1 cm³/mol. The molecule has 148 valence electrons. The van der Waals surface area contributed by atoms with Crippen LogP contribution >= 0.6 is 0 Å². The number of piperazine rings is 1. The van der Waals surface area contributed by atoms with Crippen LogP contribution in [0.2, 0.25) is 0 Å². The summed E-state index contributed by atoms with van der Waals surface area (Å²) in [5, 5.41) is 0. The molecule has 7 heteroatoms. The minimum absolute atomic E-state index is 0.0184. The molecule has 2 aliphatic heterocycles. The Morgan fingerprint density at radius 2 is 1.93 bits per heavy atom. The van der Waals surface area contributed by atoms with Crippen molar-refractivity contribution in [3.63, 3.8) is 0 Å². The molecule has 0 saturated carbocycles. The van der Waals surface area contributed by atoms with Gasteiger partial charge in [-0.3, -0.25) is 14.5 Å². The SMILES string of the molecule is CN1CC[C@]2(CCC1=O)CN(C(=O)CCc1ccc(F)cc1F)CCN2C. The fraction of sp³-hybridized carbons (Fsp3) is 0.600. The van der Waals surface area contributed by atoms with E-state index in [1.807, 2.05) is 11.9 Å². The van der Waals surface area contributed by atoms with Crippen molar-refractivity contribution in [1.29, 1.82) is 0 Å². The summed E-state index contributed by atoms with van der Waals surface area (Å²) in [6, 6.07) is 3.46. The van der Waals surface area contributed by atoms with Gasteiger partial charge in [-0.1, -0.05) is 6.07 Å². The van der Waals surface area contributed by atoms with Crippen LogP contribution in [0, 0.1) is 11.6 Å². The number of likely N-dealkylation sites (N-methyl/N-ethyl adjacent to an activating group) is 1. The summed E-state index contributed by atoms with van der Waals surface area (Å²) in [6.45, 7) is 2.67. The van der Waals surface area contributed by atoms with Crippen molar-refractivity contribution < 1.29 is 18.4 Å². The molecule has 0 unspecified atom stereocenters. The number of likely N-dealkylation sites (tertiary alicyclic amines) is 1. The van der Waals surface area contributed by atoms with Gasteiger partial charge in [-0.25, -0.2) is 8.78 Å². The Hall–Kier alpha value is -2.02. The Kier molecular flexibility index (Phi) is 5.79. The van der Waals surface area contributed by atoms with Crippen molar-refractivity contribution in [2.45, 2.75) is 37.6 Å². The fourth-order valence-corrected chi connectivity index (χ4v) is 4.10. The first-order valence-corrected chi connectivity index (χ1v) is 9.48. The van der Waals surface area contributed by atoms with E-state index in [1.165, 1.54) is 12.1 Å². The van der Waals surface area contributed by atoms with Gasteiger partial charge in [0.25, 0.3) is 0 Å². The van der Waals surface area contributed by atoms with Gasteiger partial charge in [0.05, 0.1) is 0 Å². The molecule has 1 atom stereocenters. The Labute approximate surface area is 158 Å². The van der Waals surface area contributed by atoms with E-state index in [-0.39, 0.29) is 30.2 Å². The number of aryl methyl sites for hydroxylation is 1. The van der Waals surface area contributed by atoms with E-state index in [4.69, 9.17) is 0 Å². The third-order valence-electron chi connectivity index (χ3n) is 6.12. The highest BCUT2D eigenvalue weighted by Crippen LogP contribution is 2.32. The van der Waals surface area contributed by atoms with Crippen molar-refractivity contribution in [2.75, 3.05) is 40.3 Å². The first-order chi connectivity index (χ1) is 12.8. The molecule has 27 heavy (non-hydrogen) atoms. The highest BCUT2D eigenvalue weighted by atomic mass is 19.1. The second kappa shape index (κ2) is 7.92. The molecular weight excluding hydrogens is 352 g/mol. The molecule has 2 saturated heterocycles. The average molecular weight is 379 g/mol. The number of rotatable bonds is 3. The van der Waals surface area contributed by atoms with E-state index < -0.39 is 11.6 Å². The second-order valence-corrected chi connectivity index (χ2v) is 7.76. The Balaban J connectivity index is 1.64. The van der Waals surface area contributed by atoms with Crippen LogP contribution < -0.4 is 0 Å². The molecule has 1 aromatic carbocycles. The maximum absolute atomic E-state index is 13.8. The van der Waals surface area contributed by atoms with Crippen LogP contribution in [0.15, 0.2) is 18.2 Å². The highest BCUT2D eigenvalue weighted by molar-refractivity contribution is 5.77. The largest absolute Gasteiger partial charge is 0.346 e. The summed E-state index contributed by atoms with van der Waals surface area (Å²) < 4.78 is 26.8. The van der Waals surface area contributed by atoms with Crippen LogP contribution in [0.4, 0.5) is 8.78 Å². The van der Waals surface area contributed by atoms with Crippen molar-refractivity contribution in [1.82, 2.24) is 14.7 Å². The van der Waals surface area contributed by atoms with Crippen molar-refractivity contribution >= 4 is 11.8 Å². The van der Waals surface area contributed by atoms with Crippen LogP contribution in [0.5, 0.6) is 0 Å². The lowest BCUT2D eigenvalue weighted by molar-refractivity contribution is -0.136. The van der Waals surface area contributed by atoms with Crippen LogP contribution in [0.3, 0.4) is 0 Å².